The Balaban J connectivity index is 2.15. The average molecular weight is 227 g/mol. The minimum Gasteiger partial charge on any atom is -0.253 e. The number of aromatic nitrogens is 3. The molecule has 0 aliphatic heterocycles. The van der Waals surface area contributed by atoms with Gasteiger partial charge in [0, 0.05) is 24.2 Å². The Bertz CT molecular complexity index is 459. The van der Waals surface area contributed by atoms with E-state index in [4.69, 9.17) is 0 Å². The van der Waals surface area contributed by atoms with Gasteiger partial charge < -0.3 is 0 Å². The fourth-order valence-electron chi connectivity index (χ4n) is 1.39. The largest absolute Gasteiger partial charge is 0.253 e. The lowest BCUT2D eigenvalue weighted by atomic mass is 10.1. The molecule has 6 heteroatoms. The third-order valence-corrected chi connectivity index (χ3v) is 2.16. The maximum Gasteiger partial charge on any atom is 0.137 e. The van der Waals surface area contributed by atoms with E-state index in [1.165, 1.54) is 17.3 Å². The van der Waals surface area contributed by atoms with Gasteiger partial charge in [-0.25, -0.2) is 18.2 Å². The van der Waals surface area contributed by atoms with Crippen LogP contribution in [0.5, 0.6) is 0 Å². The summed E-state index contributed by atoms with van der Waals surface area (Å²) in [7, 11) is 0. The van der Waals surface area contributed by atoms with Gasteiger partial charge in [0.05, 0.1) is 0 Å². The van der Waals surface area contributed by atoms with Crippen molar-refractivity contribution in [3.8, 4) is 0 Å². The molecule has 0 aliphatic rings. The van der Waals surface area contributed by atoms with Crippen LogP contribution < -0.4 is 0 Å². The van der Waals surface area contributed by atoms with Crippen molar-refractivity contribution in [2.75, 3.05) is 0 Å². The Morgan fingerprint density at radius 3 is 2.38 bits per heavy atom. The van der Waals surface area contributed by atoms with Gasteiger partial charge in [-0.15, -0.1) is 0 Å². The van der Waals surface area contributed by atoms with Gasteiger partial charge in [0.25, 0.3) is 0 Å². The van der Waals surface area contributed by atoms with Gasteiger partial charge in [0.2, 0.25) is 0 Å². The Morgan fingerprint density at radius 2 is 1.81 bits per heavy atom. The van der Waals surface area contributed by atoms with Crippen molar-refractivity contribution in [3.63, 3.8) is 0 Å². The SMILES string of the molecule is Fc1cc(F)c(CCn2cncn2)c(F)c1. The van der Waals surface area contributed by atoms with E-state index >= 15 is 0 Å². The van der Waals surface area contributed by atoms with Gasteiger partial charge in [-0.1, -0.05) is 0 Å². The summed E-state index contributed by atoms with van der Waals surface area (Å²) in [5, 5.41) is 3.79. The number of hydrogen-bond acceptors (Lipinski definition) is 2. The highest BCUT2D eigenvalue weighted by atomic mass is 19.1. The molecule has 0 spiro atoms. The zero-order valence-electron chi connectivity index (χ0n) is 8.20. The van der Waals surface area contributed by atoms with Crippen molar-refractivity contribution >= 4 is 0 Å². The van der Waals surface area contributed by atoms with Crippen LogP contribution in [0.15, 0.2) is 24.8 Å². The van der Waals surface area contributed by atoms with Gasteiger partial charge in [0.1, 0.15) is 30.1 Å². The average Bonchev–Trinajstić information content (AvgIpc) is 2.68. The molecule has 0 radical (unpaired) electrons. The van der Waals surface area contributed by atoms with Gasteiger partial charge >= 0.3 is 0 Å². The van der Waals surface area contributed by atoms with Crippen molar-refractivity contribution < 1.29 is 13.2 Å². The summed E-state index contributed by atoms with van der Waals surface area (Å²) in [4.78, 5) is 3.70. The minimum atomic E-state index is -0.917. The third kappa shape index (κ3) is 2.21. The maximum absolute atomic E-state index is 13.2. The monoisotopic (exact) mass is 227 g/mol. The molecule has 2 aromatic rings. The smallest absolute Gasteiger partial charge is 0.137 e. The van der Waals surface area contributed by atoms with Gasteiger partial charge in [-0.05, 0) is 6.42 Å². The molecule has 0 saturated carbocycles. The number of rotatable bonds is 3. The lowest BCUT2D eigenvalue weighted by Crippen LogP contribution is -2.05. The van der Waals surface area contributed by atoms with Crippen molar-refractivity contribution in [2.24, 2.45) is 0 Å². The van der Waals surface area contributed by atoms with E-state index in [9.17, 15) is 13.2 Å². The zero-order chi connectivity index (χ0) is 11.5. The summed E-state index contributed by atoms with van der Waals surface area (Å²) < 4.78 is 40.5. The van der Waals surface area contributed by atoms with Crippen LogP contribution >= 0.6 is 0 Å². The second-order valence-corrected chi connectivity index (χ2v) is 3.26. The summed E-state index contributed by atoms with van der Waals surface area (Å²) >= 11 is 0. The molecule has 1 aromatic carbocycles. The maximum atomic E-state index is 13.2. The molecule has 1 aromatic heterocycles. The summed E-state index contributed by atoms with van der Waals surface area (Å²) in [5.74, 6) is -2.67. The fraction of sp³-hybridized carbons (Fsp3) is 0.200. The van der Waals surface area contributed by atoms with E-state index in [0.717, 1.165) is 0 Å². The topological polar surface area (TPSA) is 30.7 Å². The summed E-state index contributed by atoms with van der Waals surface area (Å²) in [6.45, 7) is 0.291. The molecule has 0 fully saturated rings. The molecule has 16 heavy (non-hydrogen) atoms. The van der Waals surface area contributed by atoms with Crippen molar-refractivity contribution in [2.45, 2.75) is 13.0 Å². The van der Waals surface area contributed by atoms with Crippen LogP contribution in [0.25, 0.3) is 0 Å². The van der Waals surface area contributed by atoms with Gasteiger partial charge in [-0.2, -0.15) is 5.10 Å². The summed E-state index contributed by atoms with van der Waals surface area (Å²) in [5.41, 5.74) is -0.142. The predicted octanol–water partition coefficient (Wildman–Crippen LogP) is 1.94. The highest BCUT2D eigenvalue weighted by molar-refractivity contribution is 5.20. The second kappa shape index (κ2) is 4.34. The fourth-order valence-corrected chi connectivity index (χ4v) is 1.39. The zero-order valence-corrected chi connectivity index (χ0v) is 8.20. The van der Waals surface area contributed by atoms with Gasteiger partial charge in [0.15, 0.2) is 0 Å². The number of halogens is 3. The normalized spacial score (nSPS) is 10.7. The molecular formula is C10H8F3N3. The van der Waals surface area contributed by atoms with E-state index in [2.05, 4.69) is 10.1 Å². The van der Waals surface area contributed by atoms with Crippen LogP contribution in [-0.4, -0.2) is 14.8 Å². The molecule has 2 rings (SSSR count). The standard InChI is InChI=1S/C10H8F3N3/c11-7-3-9(12)8(10(13)4-7)1-2-16-6-14-5-15-16/h3-6H,1-2H2. The number of benzene rings is 1. The molecule has 1 heterocycles. The quantitative estimate of drug-likeness (QED) is 0.802. The molecule has 0 saturated heterocycles. The van der Waals surface area contributed by atoms with Crippen LogP contribution in [-0.2, 0) is 13.0 Å². The highest BCUT2D eigenvalue weighted by Gasteiger charge is 2.11. The Hall–Kier alpha value is -1.85. The Labute approximate surface area is 89.5 Å². The van der Waals surface area contributed by atoms with Crippen LogP contribution in [0.1, 0.15) is 5.56 Å². The summed E-state index contributed by atoms with van der Waals surface area (Å²) in [6, 6.07) is 1.33. The van der Waals surface area contributed by atoms with E-state index in [0.29, 0.717) is 18.7 Å². The molecule has 0 bridgehead atoms. The van der Waals surface area contributed by atoms with Gasteiger partial charge in [-0.3, -0.25) is 4.68 Å². The highest BCUT2D eigenvalue weighted by Crippen LogP contribution is 2.15. The van der Waals surface area contributed by atoms with Crippen LogP contribution in [0.4, 0.5) is 13.2 Å². The first-order valence-corrected chi connectivity index (χ1v) is 4.62. The van der Waals surface area contributed by atoms with E-state index < -0.39 is 17.5 Å². The van der Waals surface area contributed by atoms with E-state index in [1.807, 2.05) is 0 Å². The van der Waals surface area contributed by atoms with E-state index in [-0.39, 0.29) is 12.0 Å². The number of aryl methyl sites for hydroxylation is 1. The van der Waals surface area contributed by atoms with Crippen molar-refractivity contribution in [1.29, 1.82) is 0 Å². The molecule has 3 nitrogen and oxygen atoms in total. The molecule has 0 aliphatic carbocycles. The Kier molecular flexibility index (Phi) is 2.89. The van der Waals surface area contributed by atoms with Crippen molar-refractivity contribution in [1.82, 2.24) is 14.8 Å². The number of hydrogen-bond donors (Lipinski definition) is 0. The van der Waals surface area contributed by atoms with Crippen LogP contribution in [0.2, 0.25) is 0 Å². The molecule has 0 unspecified atom stereocenters. The van der Waals surface area contributed by atoms with E-state index in [1.54, 1.807) is 0 Å². The number of nitrogens with zero attached hydrogens (tertiary/aromatic N) is 3. The van der Waals surface area contributed by atoms with Crippen LogP contribution in [0.3, 0.4) is 0 Å². The lowest BCUT2D eigenvalue weighted by Gasteiger charge is -2.05. The first-order valence-electron chi connectivity index (χ1n) is 4.62. The molecule has 0 amide bonds. The molecule has 84 valence electrons. The summed E-state index contributed by atoms with van der Waals surface area (Å²) in [6.07, 6.45) is 2.87. The third-order valence-electron chi connectivity index (χ3n) is 2.16. The Morgan fingerprint density at radius 1 is 1.12 bits per heavy atom. The first kappa shape index (κ1) is 10.7. The molecular weight excluding hydrogens is 219 g/mol. The minimum absolute atomic E-state index is 0.0985. The molecule has 0 N–H and O–H groups in total. The van der Waals surface area contributed by atoms with Crippen molar-refractivity contribution in [3.05, 3.63) is 47.8 Å². The molecule has 0 atom stereocenters. The first-order chi connectivity index (χ1) is 7.66. The second-order valence-electron chi connectivity index (χ2n) is 3.26. The van der Waals surface area contributed by atoms with Crippen LogP contribution in [0, 0.1) is 17.5 Å². The lowest BCUT2D eigenvalue weighted by molar-refractivity contribution is 0.507. The predicted molar refractivity (Wildman–Crippen MR) is 50.0 cm³/mol.